The van der Waals surface area contributed by atoms with E-state index in [0.29, 0.717) is 18.4 Å². The molecule has 0 radical (unpaired) electrons. The van der Waals surface area contributed by atoms with Crippen LogP contribution in [-0.4, -0.2) is 17.3 Å². The Morgan fingerprint density at radius 1 is 1.12 bits per heavy atom. The Bertz CT molecular complexity index is 456. The fourth-order valence-electron chi connectivity index (χ4n) is 3.23. The van der Waals surface area contributed by atoms with Gasteiger partial charge in [0.05, 0.1) is 5.92 Å². The molecule has 3 nitrogen and oxygen atoms in total. The smallest absolute Gasteiger partial charge is 0.170 e. The summed E-state index contributed by atoms with van der Waals surface area (Å²) in [5.41, 5.74) is -0.304. The molecule has 0 aliphatic heterocycles. The van der Waals surface area contributed by atoms with Gasteiger partial charge in [-0.2, -0.15) is 0 Å². The lowest BCUT2D eigenvalue weighted by Gasteiger charge is -2.41. The van der Waals surface area contributed by atoms with E-state index in [1.807, 2.05) is 20.8 Å². The second-order valence-corrected chi connectivity index (χ2v) is 6.22. The van der Waals surface area contributed by atoms with Gasteiger partial charge in [-0.25, -0.2) is 0 Å². The summed E-state index contributed by atoms with van der Waals surface area (Å²) >= 11 is 0. The average molecular weight is 234 g/mol. The molecule has 2 aliphatic rings. The monoisotopic (exact) mass is 234 g/mol. The van der Waals surface area contributed by atoms with Crippen LogP contribution in [0.3, 0.4) is 0 Å². The van der Waals surface area contributed by atoms with Gasteiger partial charge < -0.3 is 0 Å². The molecule has 2 rings (SSSR count). The van der Waals surface area contributed by atoms with Crippen molar-refractivity contribution in [3.8, 4) is 0 Å². The van der Waals surface area contributed by atoms with Gasteiger partial charge in [-0.1, -0.05) is 20.8 Å². The first-order valence-corrected chi connectivity index (χ1v) is 5.97. The predicted molar refractivity (Wildman–Crippen MR) is 63.4 cm³/mol. The van der Waals surface area contributed by atoms with E-state index in [1.165, 1.54) is 6.08 Å². The quantitative estimate of drug-likeness (QED) is 0.653. The fourth-order valence-corrected chi connectivity index (χ4v) is 3.23. The van der Waals surface area contributed by atoms with Crippen molar-refractivity contribution in [3.63, 3.8) is 0 Å². The van der Waals surface area contributed by atoms with Crippen molar-refractivity contribution in [2.24, 2.45) is 16.7 Å². The van der Waals surface area contributed by atoms with E-state index in [4.69, 9.17) is 0 Å². The molecule has 92 valence electrons. The molecule has 0 unspecified atom stereocenters. The summed E-state index contributed by atoms with van der Waals surface area (Å²) in [4.78, 5) is 35.8. The van der Waals surface area contributed by atoms with Crippen molar-refractivity contribution in [1.82, 2.24) is 0 Å². The molecule has 0 N–H and O–H groups in total. The Balaban J connectivity index is 2.45. The first-order valence-electron chi connectivity index (χ1n) is 5.97. The van der Waals surface area contributed by atoms with Crippen molar-refractivity contribution >= 4 is 17.3 Å². The highest BCUT2D eigenvalue weighted by Crippen LogP contribution is 2.56. The van der Waals surface area contributed by atoms with Gasteiger partial charge in [0.25, 0.3) is 0 Å². The lowest BCUT2D eigenvalue weighted by Crippen LogP contribution is -2.43. The Morgan fingerprint density at radius 3 is 2.06 bits per heavy atom. The van der Waals surface area contributed by atoms with Crippen LogP contribution in [0.15, 0.2) is 11.6 Å². The number of carbonyl (C=O) groups excluding carboxylic acids is 3. The number of ketones is 3. The molecule has 3 heteroatoms. The zero-order valence-electron chi connectivity index (χ0n) is 10.8. The Morgan fingerprint density at radius 2 is 1.71 bits per heavy atom. The summed E-state index contributed by atoms with van der Waals surface area (Å²) < 4.78 is 0. The summed E-state index contributed by atoms with van der Waals surface area (Å²) in [6, 6.07) is 0. The first-order chi connectivity index (χ1) is 7.69. The van der Waals surface area contributed by atoms with Gasteiger partial charge >= 0.3 is 0 Å². The summed E-state index contributed by atoms with van der Waals surface area (Å²) in [7, 11) is 0. The number of rotatable bonds is 1. The molecule has 0 amide bonds. The van der Waals surface area contributed by atoms with Gasteiger partial charge in [-0.3, -0.25) is 14.4 Å². The molecule has 0 spiro atoms. The molecule has 0 aromatic heterocycles. The Hall–Kier alpha value is -1.25. The van der Waals surface area contributed by atoms with E-state index in [9.17, 15) is 14.4 Å². The molecule has 1 saturated carbocycles. The van der Waals surface area contributed by atoms with Crippen LogP contribution in [0.4, 0.5) is 0 Å². The predicted octanol–water partition coefficient (Wildman–Crippen LogP) is 2.10. The molecular formula is C14H18O3. The minimum atomic E-state index is -0.649. The highest BCUT2D eigenvalue weighted by atomic mass is 16.2. The zero-order chi connectivity index (χ0) is 13.0. The van der Waals surface area contributed by atoms with Crippen LogP contribution in [0.5, 0.6) is 0 Å². The third-order valence-electron chi connectivity index (χ3n) is 4.68. The van der Waals surface area contributed by atoms with Crippen LogP contribution in [0, 0.1) is 16.7 Å². The highest BCUT2D eigenvalue weighted by Gasteiger charge is 2.58. The lowest BCUT2D eigenvalue weighted by molar-refractivity contribution is -0.134. The Labute approximate surface area is 101 Å². The molecule has 1 fully saturated rings. The van der Waals surface area contributed by atoms with Crippen molar-refractivity contribution in [2.75, 3.05) is 0 Å². The van der Waals surface area contributed by atoms with Gasteiger partial charge in [0.2, 0.25) is 0 Å². The molecule has 0 bridgehead atoms. The molecule has 2 aliphatic carbocycles. The van der Waals surface area contributed by atoms with Crippen molar-refractivity contribution in [1.29, 1.82) is 0 Å². The standard InChI is InChI=1S/C14H18O3/c1-8-5-10(16)11(12(8)17)14(4)7-9(15)6-13(14,2)3/h5,11H,6-7H2,1-4H3/t11-,14-/m0/s1. The van der Waals surface area contributed by atoms with Crippen molar-refractivity contribution < 1.29 is 14.4 Å². The van der Waals surface area contributed by atoms with E-state index >= 15 is 0 Å². The van der Waals surface area contributed by atoms with Crippen LogP contribution in [-0.2, 0) is 14.4 Å². The van der Waals surface area contributed by atoms with E-state index in [1.54, 1.807) is 6.92 Å². The summed E-state index contributed by atoms with van der Waals surface area (Å²) in [5.74, 6) is -0.718. The SMILES string of the molecule is CC1=CC(=O)[C@H]([C@]2(C)CC(=O)CC2(C)C)C1=O. The molecule has 0 aromatic carbocycles. The maximum atomic E-state index is 12.1. The lowest BCUT2D eigenvalue weighted by atomic mass is 9.60. The average Bonchev–Trinajstić information content (AvgIpc) is 2.49. The summed E-state index contributed by atoms with van der Waals surface area (Å²) in [5, 5.41) is 0. The molecular weight excluding hydrogens is 216 g/mol. The maximum Gasteiger partial charge on any atom is 0.170 e. The summed E-state index contributed by atoms with van der Waals surface area (Å²) in [6.07, 6.45) is 2.22. The third kappa shape index (κ3) is 1.52. The highest BCUT2D eigenvalue weighted by molar-refractivity contribution is 6.22. The van der Waals surface area contributed by atoms with Crippen molar-refractivity contribution in [3.05, 3.63) is 11.6 Å². The van der Waals surface area contributed by atoms with Gasteiger partial charge in [0, 0.05) is 12.8 Å². The number of Topliss-reactive ketones (excluding diaryl/α,β-unsaturated/α-hetero) is 2. The number of hydrogen-bond donors (Lipinski definition) is 0. The van der Waals surface area contributed by atoms with E-state index < -0.39 is 11.3 Å². The molecule has 17 heavy (non-hydrogen) atoms. The zero-order valence-corrected chi connectivity index (χ0v) is 10.8. The van der Waals surface area contributed by atoms with Gasteiger partial charge in [0.1, 0.15) is 5.78 Å². The number of carbonyl (C=O) groups is 3. The summed E-state index contributed by atoms with van der Waals surface area (Å²) in [6.45, 7) is 7.54. The molecule has 2 atom stereocenters. The number of hydrogen-bond acceptors (Lipinski definition) is 3. The normalized spacial score (nSPS) is 36.6. The fraction of sp³-hybridized carbons (Fsp3) is 0.643. The minimum absolute atomic E-state index is 0.0970. The van der Waals surface area contributed by atoms with E-state index in [2.05, 4.69) is 0 Å². The molecule has 0 aromatic rings. The van der Waals surface area contributed by atoms with Crippen LogP contribution in [0.25, 0.3) is 0 Å². The molecule has 0 saturated heterocycles. The van der Waals surface area contributed by atoms with Crippen LogP contribution in [0.1, 0.15) is 40.5 Å². The van der Waals surface area contributed by atoms with Gasteiger partial charge in [-0.05, 0) is 29.4 Å². The van der Waals surface area contributed by atoms with E-state index in [0.717, 1.165) is 0 Å². The maximum absolute atomic E-state index is 12.1. The van der Waals surface area contributed by atoms with Gasteiger partial charge in [0.15, 0.2) is 11.6 Å². The largest absolute Gasteiger partial charge is 0.300 e. The van der Waals surface area contributed by atoms with Crippen molar-refractivity contribution in [2.45, 2.75) is 40.5 Å². The molecule has 0 heterocycles. The van der Waals surface area contributed by atoms with Gasteiger partial charge in [-0.15, -0.1) is 0 Å². The second-order valence-electron chi connectivity index (χ2n) is 6.22. The number of allylic oxidation sites excluding steroid dienone is 2. The third-order valence-corrected chi connectivity index (χ3v) is 4.68. The Kier molecular flexibility index (Phi) is 2.42. The first kappa shape index (κ1) is 12.2. The van der Waals surface area contributed by atoms with Crippen LogP contribution < -0.4 is 0 Å². The van der Waals surface area contributed by atoms with Crippen LogP contribution >= 0.6 is 0 Å². The topological polar surface area (TPSA) is 51.2 Å². The van der Waals surface area contributed by atoms with E-state index in [-0.39, 0.29) is 22.8 Å². The minimum Gasteiger partial charge on any atom is -0.300 e. The van der Waals surface area contributed by atoms with Crippen LogP contribution in [0.2, 0.25) is 0 Å². The second kappa shape index (κ2) is 3.37.